The molecule has 2 amide bonds. The molecule has 3 N–H and O–H groups in total. The first-order chi connectivity index (χ1) is 12.5. The third kappa shape index (κ3) is 6.16. The minimum absolute atomic E-state index is 0.0386. The highest BCUT2D eigenvalue weighted by atomic mass is 16.2. The lowest BCUT2D eigenvalue weighted by atomic mass is 9.98. The van der Waals surface area contributed by atoms with Crippen LogP contribution in [0.3, 0.4) is 0 Å². The first-order valence-electron chi connectivity index (χ1n) is 8.74. The second-order valence-corrected chi connectivity index (χ2v) is 6.52. The van der Waals surface area contributed by atoms with Crippen molar-refractivity contribution in [3.8, 4) is 0 Å². The topological polar surface area (TPSA) is 82.1 Å². The Morgan fingerprint density at radius 1 is 0.923 bits per heavy atom. The van der Waals surface area contributed by atoms with Gasteiger partial charge in [-0.15, -0.1) is 0 Å². The van der Waals surface area contributed by atoms with Crippen LogP contribution in [0.25, 0.3) is 0 Å². The summed E-state index contributed by atoms with van der Waals surface area (Å²) in [5.74, 6) is -1.10. The SMILES string of the molecule is CC(Cc1ccccc1)C(=O)NC(=N)NC(=O)CC(C)c1ccccc1. The summed E-state index contributed by atoms with van der Waals surface area (Å²) in [5.41, 5.74) is 2.12. The van der Waals surface area contributed by atoms with Crippen molar-refractivity contribution >= 4 is 17.8 Å². The fourth-order valence-electron chi connectivity index (χ4n) is 2.71. The van der Waals surface area contributed by atoms with E-state index in [1.807, 2.05) is 67.6 Å². The van der Waals surface area contributed by atoms with Gasteiger partial charge in [0, 0.05) is 12.3 Å². The molecule has 0 heterocycles. The molecule has 5 heteroatoms. The molecule has 2 unspecified atom stereocenters. The van der Waals surface area contributed by atoms with Crippen molar-refractivity contribution in [2.75, 3.05) is 0 Å². The van der Waals surface area contributed by atoms with Crippen LogP contribution in [0.5, 0.6) is 0 Å². The quantitative estimate of drug-likeness (QED) is 0.552. The summed E-state index contributed by atoms with van der Waals surface area (Å²) in [7, 11) is 0. The molecule has 0 fully saturated rings. The molecule has 0 aromatic heterocycles. The zero-order valence-electron chi connectivity index (χ0n) is 15.2. The van der Waals surface area contributed by atoms with Crippen molar-refractivity contribution in [2.24, 2.45) is 5.92 Å². The average Bonchev–Trinajstić information content (AvgIpc) is 2.62. The van der Waals surface area contributed by atoms with Crippen LogP contribution in [0.4, 0.5) is 0 Å². The zero-order valence-corrected chi connectivity index (χ0v) is 15.2. The molecule has 136 valence electrons. The molecule has 0 radical (unpaired) electrons. The Balaban J connectivity index is 1.78. The number of amides is 2. The Morgan fingerprint density at radius 2 is 1.50 bits per heavy atom. The van der Waals surface area contributed by atoms with Crippen molar-refractivity contribution < 1.29 is 9.59 Å². The second kappa shape index (κ2) is 9.51. The molecule has 5 nitrogen and oxygen atoms in total. The van der Waals surface area contributed by atoms with Crippen LogP contribution in [0.1, 0.15) is 37.3 Å². The lowest BCUT2D eigenvalue weighted by molar-refractivity contribution is -0.123. The van der Waals surface area contributed by atoms with Crippen LogP contribution in [0, 0.1) is 11.3 Å². The van der Waals surface area contributed by atoms with Gasteiger partial charge in [-0.05, 0) is 23.5 Å². The van der Waals surface area contributed by atoms with E-state index in [2.05, 4.69) is 10.6 Å². The first kappa shape index (κ1) is 19.4. The molecule has 2 aromatic rings. The van der Waals surface area contributed by atoms with Crippen LogP contribution in [-0.4, -0.2) is 17.8 Å². The number of carbonyl (C=O) groups is 2. The van der Waals surface area contributed by atoms with Crippen molar-refractivity contribution in [1.29, 1.82) is 5.41 Å². The van der Waals surface area contributed by atoms with Crippen LogP contribution in [0.15, 0.2) is 60.7 Å². The highest BCUT2D eigenvalue weighted by molar-refractivity contribution is 6.03. The van der Waals surface area contributed by atoms with E-state index in [-0.39, 0.29) is 36.0 Å². The second-order valence-electron chi connectivity index (χ2n) is 6.52. The summed E-state index contributed by atoms with van der Waals surface area (Å²) in [5, 5.41) is 12.7. The molecule has 0 saturated carbocycles. The summed E-state index contributed by atoms with van der Waals surface area (Å²) < 4.78 is 0. The van der Waals surface area contributed by atoms with Crippen molar-refractivity contribution in [3.05, 3.63) is 71.8 Å². The lowest BCUT2D eigenvalue weighted by Gasteiger charge is -2.15. The molecule has 0 aliphatic rings. The molecule has 0 saturated heterocycles. The number of guanidine groups is 1. The van der Waals surface area contributed by atoms with Gasteiger partial charge in [0.1, 0.15) is 0 Å². The predicted molar refractivity (Wildman–Crippen MR) is 103 cm³/mol. The molecule has 2 aromatic carbocycles. The molecule has 0 bridgehead atoms. The van der Waals surface area contributed by atoms with Gasteiger partial charge in [-0.2, -0.15) is 0 Å². The molecule has 0 aliphatic carbocycles. The van der Waals surface area contributed by atoms with Crippen LogP contribution < -0.4 is 10.6 Å². The number of hydrogen-bond donors (Lipinski definition) is 3. The fourth-order valence-corrected chi connectivity index (χ4v) is 2.71. The van der Waals surface area contributed by atoms with E-state index in [0.717, 1.165) is 11.1 Å². The minimum atomic E-state index is -0.294. The molecule has 0 spiro atoms. The van der Waals surface area contributed by atoms with Gasteiger partial charge in [-0.3, -0.25) is 25.6 Å². The van der Waals surface area contributed by atoms with Crippen molar-refractivity contribution in [1.82, 2.24) is 10.6 Å². The molecule has 2 rings (SSSR count). The Bertz CT molecular complexity index is 744. The monoisotopic (exact) mass is 351 g/mol. The normalized spacial score (nSPS) is 12.7. The van der Waals surface area contributed by atoms with E-state index in [1.165, 1.54) is 0 Å². The van der Waals surface area contributed by atoms with E-state index < -0.39 is 0 Å². The summed E-state index contributed by atoms with van der Waals surface area (Å²) in [6.07, 6.45) is 0.834. The van der Waals surface area contributed by atoms with Gasteiger partial charge in [0.25, 0.3) is 0 Å². The smallest absolute Gasteiger partial charge is 0.229 e. The molecular weight excluding hydrogens is 326 g/mol. The van der Waals surface area contributed by atoms with Crippen LogP contribution in [-0.2, 0) is 16.0 Å². The van der Waals surface area contributed by atoms with Gasteiger partial charge in [0.15, 0.2) is 0 Å². The number of nitrogens with one attached hydrogen (secondary N) is 3. The minimum Gasteiger partial charge on any atom is -0.297 e. The highest BCUT2D eigenvalue weighted by Gasteiger charge is 2.17. The number of rotatable bonds is 6. The Labute approximate surface area is 154 Å². The largest absolute Gasteiger partial charge is 0.297 e. The number of benzene rings is 2. The van der Waals surface area contributed by atoms with E-state index in [1.54, 1.807) is 6.92 Å². The summed E-state index contributed by atoms with van der Waals surface area (Å²) in [4.78, 5) is 24.3. The molecular formula is C21H25N3O2. The first-order valence-corrected chi connectivity index (χ1v) is 8.74. The molecule has 2 atom stereocenters. The summed E-state index contributed by atoms with van der Waals surface area (Å²) in [6.45, 7) is 3.76. The van der Waals surface area contributed by atoms with Gasteiger partial charge in [-0.1, -0.05) is 74.5 Å². The maximum Gasteiger partial charge on any atom is 0.229 e. The number of carbonyl (C=O) groups excluding carboxylic acids is 2. The zero-order chi connectivity index (χ0) is 18.9. The van der Waals surface area contributed by atoms with Crippen molar-refractivity contribution in [2.45, 2.75) is 32.6 Å². The predicted octanol–water partition coefficient (Wildman–Crippen LogP) is 3.23. The summed E-state index contributed by atoms with van der Waals surface area (Å²) in [6, 6.07) is 19.4. The van der Waals surface area contributed by atoms with Gasteiger partial charge in [0.05, 0.1) is 0 Å². The van der Waals surface area contributed by atoms with Gasteiger partial charge >= 0.3 is 0 Å². The van der Waals surface area contributed by atoms with Gasteiger partial charge < -0.3 is 0 Å². The van der Waals surface area contributed by atoms with Crippen molar-refractivity contribution in [3.63, 3.8) is 0 Å². The summed E-state index contributed by atoms with van der Waals surface area (Å²) >= 11 is 0. The van der Waals surface area contributed by atoms with E-state index >= 15 is 0 Å². The van der Waals surface area contributed by atoms with E-state index in [0.29, 0.717) is 6.42 Å². The lowest BCUT2D eigenvalue weighted by Crippen LogP contribution is -2.45. The fraction of sp³-hybridized carbons (Fsp3) is 0.286. The number of hydrogen-bond acceptors (Lipinski definition) is 3. The Kier molecular flexibility index (Phi) is 7.09. The Morgan fingerprint density at radius 3 is 2.12 bits per heavy atom. The standard InChI is InChI=1S/C21H25N3O2/c1-15(18-11-7-4-8-12-18)14-19(25)23-21(22)24-20(26)16(2)13-17-9-5-3-6-10-17/h3-12,15-16H,13-14H2,1-2H3,(H3,22,23,24,25,26). The maximum absolute atomic E-state index is 12.2. The third-order valence-corrected chi connectivity index (χ3v) is 4.21. The molecule has 0 aliphatic heterocycles. The van der Waals surface area contributed by atoms with Crippen LogP contribution in [0.2, 0.25) is 0 Å². The Hall–Kier alpha value is -2.95. The van der Waals surface area contributed by atoms with E-state index in [4.69, 9.17) is 5.41 Å². The maximum atomic E-state index is 12.2. The average molecular weight is 351 g/mol. The molecule has 26 heavy (non-hydrogen) atoms. The van der Waals surface area contributed by atoms with Crippen LogP contribution >= 0.6 is 0 Å². The third-order valence-electron chi connectivity index (χ3n) is 4.21. The van der Waals surface area contributed by atoms with Gasteiger partial charge in [0.2, 0.25) is 17.8 Å². The van der Waals surface area contributed by atoms with Gasteiger partial charge in [-0.25, -0.2) is 0 Å². The van der Waals surface area contributed by atoms with E-state index in [9.17, 15) is 9.59 Å². The highest BCUT2D eigenvalue weighted by Crippen LogP contribution is 2.17.